The number of β-amino-alcohol motifs (C(OH)–C–C–N with tert-alkyl or cyclic N) is 6. The predicted molar refractivity (Wildman–Crippen MR) is 124 cm³/mol. The lowest BCUT2D eigenvalue weighted by Gasteiger charge is -2.58. The van der Waals surface area contributed by atoms with E-state index in [4.69, 9.17) is 0 Å². The molecule has 0 bridgehead atoms. The van der Waals surface area contributed by atoms with Crippen molar-refractivity contribution in [1.29, 1.82) is 0 Å². The Hall–Kier alpha value is -0.480. The third-order valence-corrected chi connectivity index (χ3v) is 6.00. The van der Waals surface area contributed by atoms with Gasteiger partial charge in [-0.3, -0.25) is 29.4 Å². The van der Waals surface area contributed by atoms with E-state index in [1.165, 1.54) is 0 Å². The molecule has 2 aliphatic rings. The van der Waals surface area contributed by atoms with Crippen molar-refractivity contribution in [3.8, 4) is 0 Å². The predicted octanol–water partition coefficient (Wildman–Crippen LogP) is -3.57. The molecule has 0 aromatic rings. The standard InChI is InChI=1S/C21H46N6O6/c1-17(31)10-23-15-26(11-18(2)32)21(27(16-23)12-19(3)33)20-24(5-8-29)13-22(4-7-28)14-25(20)6-9-30/h17-21,28-33H,4-16H2,1-3H3. The fraction of sp³-hybridized carbons (Fsp3) is 1.00. The molecule has 0 aromatic carbocycles. The Bertz CT molecular complexity index is 509. The topological polar surface area (TPSA) is 141 Å². The van der Waals surface area contributed by atoms with Crippen LogP contribution < -0.4 is 0 Å². The van der Waals surface area contributed by atoms with Crippen LogP contribution in [0.25, 0.3) is 0 Å². The smallest absolute Gasteiger partial charge is 0.0944 e. The Labute approximate surface area is 197 Å². The molecule has 33 heavy (non-hydrogen) atoms. The van der Waals surface area contributed by atoms with Crippen molar-refractivity contribution >= 4 is 0 Å². The molecule has 0 amide bonds. The van der Waals surface area contributed by atoms with E-state index in [9.17, 15) is 30.6 Å². The number of rotatable bonds is 13. The molecule has 12 nitrogen and oxygen atoms in total. The first-order valence-corrected chi connectivity index (χ1v) is 12.0. The molecular formula is C21H46N6O6. The molecule has 12 heteroatoms. The van der Waals surface area contributed by atoms with E-state index in [0.29, 0.717) is 65.9 Å². The summed E-state index contributed by atoms with van der Waals surface area (Å²) in [4.78, 5) is 12.7. The van der Waals surface area contributed by atoms with Gasteiger partial charge in [-0.2, -0.15) is 0 Å². The first kappa shape index (κ1) is 28.8. The van der Waals surface area contributed by atoms with Gasteiger partial charge in [0, 0.05) is 39.3 Å². The summed E-state index contributed by atoms with van der Waals surface area (Å²) >= 11 is 0. The van der Waals surface area contributed by atoms with Crippen LogP contribution in [0.15, 0.2) is 0 Å². The van der Waals surface area contributed by atoms with Gasteiger partial charge in [-0.05, 0) is 20.8 Å². The van der Waals surface area contributed by atoms with E-state index >= 15 is 0 Å². The summed E-state index contributed by atoms with van der Waals surface area (Å²) in [5.74, 6) is 0. The average Bonchev–Trinajstić information content (AvgIpc) is 2.68. The number of nitrogens with zero attached hydrogens (tertiary/aromatic N) is 6. The molecule has 2 saturated heterocycles. The summed E-state index contributed by atoms with van der Waals surface area (Å²) in [6, 6.07) is 0. The molecule has 2 heterocycles. The Morgan fingerprint density at radius 1 is 0.545 bits per heavy atom. The molecule has 196 valence electrons. The molecule has 0 spiro atoms. The van der Waals surface area contributed by atoms with Gasteiger partial charge in [0.05, 0.1) is 77.1 Å². The quantitative estimate of drug-likeness (QED) is 0.156. The second-order valence-electron chi connectivity index (χ2n) is 9.53. The molecule has 2 fully saturated rings. The fourth-order valence-corrected chi connectivity index (χ4v) is 5.11. The van der Waals surface area contributed by atoms with Crippen LogP contribution in [0.3, 0.4) is 0 Å². The minimum Gasteiger partial charge on any atom is -0.395 e. The number of hydrogen-bond donors (Lipinski definition) is 6. The Morgan fingerprint density at radius 3 is 1.27 bits per heavy atom. The van der Waals surface area contributed by atoms with Crippen LogP contribution in [0.2, 0.25) is 0 Å². The second-order valence-corrected chi connectivity index (χ2v) is 9.53. The first-order chi connectivity index (χ1) is 15.7. The highest BCUT2D eigenvalue weighted by atomic mass is 16.3. The average molecular weight is 479 g/mol. The molecule has 3 unspecified atom stereocenters. The fourth-order valence-electron chi connectivity index (χ4n) is 5.11. The lowest BCUT2D eigenvalue weighted by molar-refractivity contribution is -0.198. The van der Waals surface area contributed by atoms with E-state index in [2.05, 4.69) is 29.4 Å². The molecule has 0 saturated carbocycles. The monoisotopic (exact) mass is 478 g/mol. The first-order valence-electron chi connectivity index (χ1n) is 12.0. The molecule has 3 atom stereocenters. The van der Waals surface area contributed by atoms with E-state index in [-0.39, 0.29) is 32.2 Å². The molecule has 2 aliphatic heterocycles. The highest BCUT2D eigenvalue weighted by Crippen LogP contribution is 2.27. The summed E-state index contributed by atoms with van der Waals surface area (Å²) < 4.78 is 0. The van der Waals surface area contributed by atoms with Crippen molar-refractivity contribution in [3.63, 3.8) is 0 Å². The SMILES string of the molecule is CC(O)CN1CN(CC(C)O)C(C2N(CCO)CN(CCO)CN2CCO)N(CC(C)O)C1. The van der Waals surface area contributed by atoms with Crippen molar-refractivity contribution in [3.05, 3.63) is 0 Å². The van der Waals surface area contributed by atoms with Crippen LogP contribution in [-0.4, -0.2) is 176 Å². The molecule has 0 aliphatic carbocycles. The van der Waals surface area contributed by atoms with Crippen LogP contribution in [-0.2, 0) is 0 Å². The van der Waals surface area contributed by atoms with E-state index in [1.807, 2.05) is 0 Å². The maximum atomic E-state index is 10.3. The minimum absolute atomic E-state index is 0.0185. The van der Waals surface area contributed by atoms with Crippen LogP contribution in [0.1, 0.15) is 20.8 Å². The van der Waals surface area contributed by atoms with Gasteiger partial charge in [0.2, 0.25) is 0 Å². The largest absolute Gasteiger partial charge is 0.395 e. The molecule has 0 aromatic heterocycles. The van der Waals surface area contributed by atoms with Crippen LogP contribution in [0.5, 0.6) is 0 Å². The Kier molecular flexibility index (Phi) is 12.3. The molecule has 2 rings (SSSR count). The lowest BCUT2D eigenvalue weighted by atomic mass is 10.1. The summed E-state index contributed by atoms with van der Waals surface area (Å²) in [5.41, 5.74) is 0. The summed E-state index contributed by atoms with van der Waals surface area (Å²) in [5, 5.41) is 59.7. The zero-order chi connectivity index (χ0) is 24.5. The van der Waals surface area contributed by atoms with Gasteiger partial charge in [0.1, 0.15) is 0 Å². The van der Waals surface area contributed by atoms with Gasteiger partial charge < -0.3 is 30.6 Å². The van der Waals surface area contributed by atoms with Crippen molar-refractivity contribution in [1.82, 2.24) is 29.4 Å². The van der Waals surface area contributed by atoms with Gasteiger partial charge in [0.15, 0.2) is 0 Å². The Morgan fingerprint density at radius 2 is 0.909 bits per heavy atom. The van der Waals surface area contributed by atoms with E-state index in [0.717, 1.165) is 0 Å². The highest BCUT2D eigenvalue weighted by molar-refractivity contribution is 4.93. The summed E-state index contributed by atoms with van der Waals surface area (Å²) in [7, 11) is 0. The lowest BCUT2D eigenvalue weighted by Crippen LogP contribution is -2.75. The zero-order valence-corrected chi connectivity index (χ0v) is 20.4. The highest BCUT2D eigenvalue weighted by Gasteiger charge is 2.46. The van der Waals surface area contributed by atoms with E-state index < -0.39 is 18.3 Å². The van der Waals surface area contributed by atoms with Gasteiger partial charge >= 0.3 is 0 Å². The number of aliphatic hydroxyl groups is 6. The third-order valence-electron chi connectivity index (χ3n) is 6.00. The number of hydrogen-bond acceptors (Lipinski definition) is 12. The van der Waals surface area contributed by atoms with Crippen molar-refractivity contribution < 1.29 is 30.6 Å². The normalized spacial score (nSPS) is 26.6. The van der Waals surface area contributed by atoms with Crippen LogP contribution >= 0.6 is 0 Å². The van der Waals surface area contributed by atoms with Crippen molar-refractivity contribution in [2.45, 2.75) is 51.4 Å². The van der Waals surface area contributed by atoms with Crippen LogP contribution in [0, 0.1) is 0 Å². The van der Waals surface area contributed by atoms with Gasteiger partial charge in [0.25, 0.3) is 0 Å². The molecular weight excluding hydrogens is 432 g/mol. The molecule has 6 N–H and O–H groups in total. The van der Waals surface area contributed by atoms with Gasteiger partial charge in [-0.25, -0.2) is 0 Å². The minimum atomic E-state index is -0.584. The Balaban J connectivity index is 2.44. The number of aliphatic hydroxyl groups excluding tert-OH is 6. The summed E-state index contributed by atoms with van der Waals surface area (Å²) in [6.45, 7) is 9.90. The summed E-state index contributed by atoms with van der Waals surface area (Å²) in [6.07, 6.45) is -2.12. The van der Waals surface area contributed by atoms with Gasteiger partial charge in [-0.1, -0.05) is 0 Å². The maximum Gasteiger partial charge on any atom is 0.0944 e. The van der Waals surface area contributed by atoms with Crippen molar-refractivity contribution in [2.75, 3.05) is 85.8 Å². The van der Waals surface area contributed by atoms with Gasteiger partial charge in [-0.15, -0.1) is 0 Å². The van der Waals surface area contributed by atoms with E-state index in [1.54, 1.807) is 20.8 Å². The van der Waals surface area contributed by atoms with Crippen LogP contribution in [0.4, 0.5) is 0 Å². The second kappa shape index (κ2) is 14.2. The maximum absolute atomic E-state index is 10.3. The molecule has 0 radical (unpaired) electrons. The zero-order valence-electron chi connectivity index (χ0n) is 20.4. The van der Waals surface area contributed by atoms with Crippen molar-refractivity contribution in [2.24, 2.45) is 0 Å². The third kappa shape index (κ3) is 8.60.